The Morgan fingerprint density at radius 2 is 2.00 bits per heavy atom. The Hall–Kier alpha value is -1.62. The zero-order valence-electron chi connectivity index (χ0n) is 15.8. The molecule has 2 N–H and O–H groups in total. The van der Waals surface area contributed by atoms with Crippen molar-refractivity contribution in [3.8, 4) is 0 Å². The number of pyridine rings is 1. The number of nitrogens with zero attached hydrogens (tertiary/aromatic N) is 3. The molecule has 1 aromatic heterocycles. The standard InChI is InChI=1S/C20H33N5/c1-3-21-20(23-15-19-16(2)7-6-12-22-19)24-17-10-13-25(14-11-17)18-8-4-5-9-18/h6-7,12,17-18H,3-5,8-11,13-15H2,1-2H3,(H2,21,23,24). The highest BCUT2D eigenvalue weighted by Crippen LogP contribution is 2.26. The minimum absolute atomic E-state index is 0.528. The summed E-state index contributed by atoms with van der Waals surface area (Å²) in [5.74, 6) is 0.923. The number of piperidine rings is 1. The van der Waals surface area contributed by atoms with E-state index in [1.165, 1.54) is 57.2 Å². The number of aliphatic imine (C=N–C) groups is 1. The third kappa shape index (κ3) is 5.18. The van der Waals surface area contributed by atoms with Crippen LogP contribution in [-0.4, -0.2) is 47.6 Å². The van der Waals surface area contributed by atoms with Crippen molar-refractivity contribution in [2.45, 2.75) is 71.0 Å². The first-order valence-electron chi connectivity index (χ1n) is 9.95. The third-order valence-corrected chi connectivity index (χ3v) is 5.56. The fraction of sp³-hybridized carbons (Fsp3) is 0.700. The van der Waals surface area contributed by atoms with Gasteiger partial charge in [-0.05, 0) is 51.2 Å². The Kier molecular flexibility index (Phi) is 6.68. The molecule has 0 aromatic carbocycles. The maximum Gasteiger partial charge on any atom is 0.191 e. The van der Waals surface area contributed by atoms with Crippen LogP contribution in [0.4, 0.5) is 0 Å². The molecule has 2 aliphatic rings. The minimum Gasteiger partial charge on any atom is -0.357 e. The smallest absolute Gasteiger partial charge is 0.191 e. The van der Waals surface area contributed by atoms with Gasteiger partial charge in [-0.25, -0.2) is 4.99 Å². The summed E-state index contributed by atoms with van der Waals surface area (Å²) in [5.41, 5.74) is 2.25. The number of hydrogen-bond acceptors (Lipinski definition) is 3. The van der Waals surface area contributed by atoms with E-state index in [1.54, 1.807) is 0 Å². The van der Waals surface area contributed by atoms with Crippen molar-refractivity contribution < 1.29 is 0 Å². The van der Waals surface area contributed by atoms with Crippen molar-refractivity contribution in [1.82, 2.24) is 20.5 Å². The van der Waals surface area contributed by atoms with Gasteiger partial charge in [0, 0.05) is 37.9 Å². The summed E-state index contributed by atoms with van der Waals surface area (Å²) in [6.45, 7) is 8.17. The second kappa shape index (κ2) is 9.18. The molecule has 2 fully saturated rings. The normalized spacial score (nSPS) is 20.8. The van der Waals surface area contributed by atoms with Gasteiger partial charge in [0.1, 0.15) is 0 Å². The molecule has 0 amide bonds. The predicted octanol–water partition coefficient (Wildman–Crippen LogP) is 2.85. The maximum absolute atomic E-state index is 4.75. The first-order valence-corrected chi connectivity index (χ1v) is 9.95. The van der Waals surface area contributed by atoms with Gasteiger partial charge in [0.2, 0.25) is 0 Å². The number of aryl methyl sites for hydroxylation is 1. The van der Waals surface area contributed by atoms with Crippen LogP contribution in [0.3, 0.4) is 0 Å². The van der Waals surface area contributed by atoms with Crippen LogP contribution in [0.25, 0.3) is 0 Å². The molecule has 0 spiro atoms. The first kappa shape index (κ1) is 18.2. The average Bonchev–Trinajstić information content (AvgIpc) is 3.16. The SMILES string of the molecule is CCNC(=NCc1ncccc1C)NC1CCN(C2CCCC2)CC1. The molecule has 0 atom stereocenters. The molecule has 0 radical (unpaired) electrons. The third-order valence-electron chi connectivity index (χ3n) is 5.56. The first-order chi connectivity index (χ1) is 12.3. The molecule has 25 heavy (non-hydrogen) atoms. The Bertz CT molecular complexity index is 557. The van der Waals surface area contributed by atoms with Gasteiger partial charge in [0.25, 0.3) is 0 Å². The quantitative estimate of drug-likeness (QED) is 0.638. The minimum atomic E-state index is 0.528. The summed E-state index contributed by atoms with van der Waals surface area (Å²) in [5, 5.41) is 7.03. The van der Waals surface area contributed by atoms with Crippen LogP contribution in [0.2, 0.25) is 0 Å². The summed E-state index contributed by atoms with van der Waals surface area (Å²) >= 11 is 0. The highest BCUT2D eigenvalue weighted by atomic mass is 15.2. The Morgan fingerprint density at radius 3 is 2.68 bits per heavy atom. The molecule has 1 aliphatic carbocycles. The monoisotopic (exact) mass is 343 g/mol. The lowest BCUT2D eigenvalue weighted by Crippen LogP contribution is -2.50. The van der Waals surface area contributed by atoms with Gasteiger partial charge in [-0.2, -0.15) is 0 Å². The number of likely N-dealkylation sites (tertiary alicyclic amines) is 1. The van der Waals surface area contributed by atoms with E-state index >= 15 is 0 Å². The van der Waals surface area contributed by atoms with Gasteiger partial charge in [-0.15, -0.1) is 0 Å². The Morgan fingerprint density at radius 1 is 1.24 bits per heavy atom. The van der Waals surface area contributed by atoms with Crippen LogP contribution in [0, 0.1) is 6.92 Å². The molecule has 0 bridgehead atoms. The topological polar surface area (TPSA) is 52.6 Å². The molecule has 5 heteroatoms. The van der Waals surface area contributed by atoms with Gasteiger partial charge < -0.3 is 15.5 Å². The number of aromatic nitrogens is 1. The maximum atomic E-state index is 4.75. The Balaban J connectivity index is 1.51. The number of guanidine groups is 1. The van der Waals surface area contributed by atoms with E-state index in [0.29, 0.717) is 12.6 Å². The lowest BCUT2D eigenvalue weighted by atomic mass is 10.0. The van der Waals surface area contributed by atoms with Crippen LogP contribution in [-0.2, 0) is 6.54 Å². The van der Waals surface area contributed by atoms with Crippen molar-refractivity contribution in [2.24, 2.45) is 4.99 Å². The highest BCUT2D eigenvalue weighted by molar-refractivity contribution is 5.80. The van der Waals surface area contributed by atoms with Crippen LogP contribution in [0.1, 0.15) is 56.7 Å². The van der Waals surface area contributed by atoms with Crippen molar-refractivity contribution in [3.05, 3.63) is 29.6 Å². The predicted molar refractivity (Wildman–Crippen MR) is 104 cm³/mol. The van der Waals surface area contributed by atoms with E-state index in [1.807, 2.05) is 12.3 Å². The van der Waals surface area contributed by atoms with E-state index in [4.69, 9.17) is 4.99 Å². The molecular weight excluding hydrogens is 310 g/mol. The molecule has 2 heterocycles. The lowest BCUT2D eigenvalue weighted by Gasteiger charge is -2.36. The van der Waals surface area contributed by atoms with E-state index in [0.717, 1.165) is 24.2 Å². The second-order valence-corrected chi connectivity index (χ2v) is 7.36. The largest absolute Gasteiger partial charge is 0.357 e. The van der Waals surface area contributed by atoms with Crippen molar-refractivity contribution in [3.63, 3.8) is 0 Å². The molecule has 1 saturated carbocycles. The van der Waals surface area contributed by atoms with Gasteiger partial charge in [0.05, 0.1) is 12.2 Å². The van der Waals surface area contributed by atoms with Crippen LogP contribution >= 0.6 is 0 Å². The lowest BCUT2D eigenvalue weighted by molar-refractivity contribution is 0.150. The van der Waals surface area contributed by atoms with Gasteiger partial charge in [0.15, 0.2) is 5.96 Å². The highest BCUT2D eigenvalue weighted by Gasteiger charge is 2.27. The summed E-state index contributed by atoms with van der Waals surface area (Å²) in [7, 11) is 0. The van der Waals surface area contributed by atoms with Crippen LogP contribution in [0.15, 0.2) is 23.3 Å². The summed E-state index contributed by atoms with van der Waals surface area (Å²) in [6.07, 6.45) is 9.93. The molecule has 1 aromatic rings. The van der Waals surface area contributed by atoms with E-state index < -0.39 is 0 Å². The van der Waals surface area contributed by atoms with Crippen LogP contribution in [0.5, 0.6) is 0 Å². The van der Waals surface area contributed by atoms with Gasteiger partial charge in [-0.1, -0.05) is 18.9 Å². The summed E-state index contributed by atoms with van der Waals surface area (Å²) < 4.78 is 0. The molecular formula is C20H33N5. The molecule has 1 saturated heterocycles. The molecule has 3 rings (SSSR count). The Labute approximate surface area is 152 Å². The van der Waals surface area contributed by atoms with Gasteiger partial charge >= 0.3 is 0 Å². The summed E-state index contributed by atoms with van der Waals surface area (Å²) in [6, 6.07) is 5.46. The summed E-state index contributed by atoms with van der Waals surface area (Å²) in [4.78, 5) is 11.9. The molecule has 138 valence electrons. The fourth-order valence-corrected chi connectivity index (χ4v) is 4.03. The van der Waals surface area contributed by atoms with E-state index in [-0.39, 0.29) is 0 Å². The fourth-order valence-electron chi connectivity index (χ4n) is 4.03. The van der Waals surface area contributed by atoms with E-state index in [2.05, 4.69) is 40.4 Å². The second-order valence-electron chi connectivity index (χ2n) is 7.36. The average molecular weight is 344 g/mol. The van der Waals surface area contributed by atoms with Crippen molar-refractivity contribution in [2.75, 3.05) is 19.6 Å². The zero-order valence-corrected chi connectivity index (χ0v) is 15.8. The van der Waals surface area contributed by atoms with Crippen molar-refractivity contribution in [1.29, 1.82) is 0 Å². The van der Waals surface area contributed by atoms with Crippen molar-refractivity contribution >= 4 is 5.96 Å². The number of hydrogen-bond donors (Lipinski definition) is 2. The number of nitrogens with one attached hydrogen (secondary N) is 2. The van der Waals surface area contributed by atoms with E-state index in [9.17, 15) is 0 Å². The number of rotatable bonds is 5. The molecule has 5 nitrogen and oxygen atoms in total. The van der Waals surface area contributed by atoms with Crippen LogP contribution < -0.4 is 10.6 Å². The molecule has 1 aliphatic heterocycles. The molecule has 0 unspecified atom stereocenters. The van der Waals surface area contributed by atoms with Gasteiger partial charge in [-0.3, -0.25) is 4.98 Å². The zero-order chi connectivity index (χ0) is 17.5.